The molecule has 0 aliphatic heterocycles. The number of benzene rings is 1. The van der Waals surface area contributed by atoms with E-state index in [1.807, 2.05) is 35.1 Å². The van der Waals surface area contributed by atoms with Crippen molar-refractivity contribution >= 4 is 11.6 Å². The van der Waals surface area contributed by atoms with E-state index in [-0.39, 0.29) is 0 Å². The maximum atomic E-state index is 5.81. The minimum atomic E-state index is 0.350. The van der Waals surface area contributed by atoms with Crippen LogP contribution in [0.4, 0.5) is 0 Å². The molecule has 2 rings (SSSR count). The fourth-order valence-corrected chi connectivity index (χ4v) is 1.55. The van der Waals surface area contributed by atoms with Crippen LogP contribution in [-0.2, 0) is 6.61 Å². The third kappa shape index (κ3) is 3.24. The molecule has 0 unspecified atom stereocenters. The molecule has 0 aliphatic carbocycles. The standard InChI is InChI=1S/C13H15ClN2O/c1-10(2)16-8-13(7-15-16)17-9-11-3-5-12(14)6-4-11/h3-8,10H,9H2,1-2H3. The number of hydrogen-bond donors (Lipinski definition) is 0. The Balaban J connectivity index is 1.95. The Bertz CT molecular complexity index is 476. The van der Waals surface area contributed by atoms with Crippen LogP contribution in [0.3, 0.4) is 0 Å². The van der Waals surface area contributed by atoms with E-state index in [2.05, 4.69) is 18.9 Å². The van der Waals surface area contributed by atoms with E-state index in [4.69, 9.17) is 16.3 Å². The maximum Gasteiger partial charge on any atom is 0.157 e. The van der Waals surface area contributed by atoms with Crippen molar-refractivity contribution in [1.82, 2.24) is 9.78 Å². The summed E-state index contributed by atoms with van der Waals surface area (Å²) in [6.45, 7) is 4.69. The molecule has 0 radical (unpaired) electrons. The Morgan fingerprint density at radius 3 is 2.59 bits per heavy atom. The second-order valence-electron chi connectivity index (χ2n) is 4.16. The summed E-state index contributed by atoms with van der Waals surface area (Å²) in [6, 6.07) is 7.97. The summed E-state index contributed by atoms with van der Waals surface area (Å²) in [5, 5.41) is 4.95. The Hall–Kier alpha value is -1.48. The highest BCUT2D eigenvalue weighted by atomic mass is 35.5. The molecule has 0 bridgehead atoms. The minimum absolute atomic E-state index is 0.350. The van der Waals surface area contributed by atoms with Crippen molar-refractivity contribution in [3.8, 4) is 5.75 Å². The van der Waals surface area contributed by atoms with E-state index in [9.17, 15) is 0 Å². The summed E-state index contributed by atoms with van der Waals surface area (Å²) in [6.07, 6.45) is 3.64. The largest absolute Gasteiger partial charge is 0.486 e. The lowest BCUT2D eigenvalue weighted by Gasteiger charge is -2.04. The molecule has 1 aromatic carbocycles. The third-order valence-electron chi connectivity index (χ3n) is 2.43. The molecule has 3 nitrogen and oxygen atoms in total. The molecular weight excluding hydrogens is 236 g/mol. The number of nitrogens with zero attached hydrogens (tertiary/aromatic N) is 2. The molecule has 2 aromatic rings. The van der Waals surface area contributed by atoms with Gasteiger partial charge in [-0.15, -0.1) is 0 Å². The van der Waals surface area contributed by atoms with Crippen LogP contribution in [0.1, 0.15) is 25.5 Å². The van der Waals surface area contributed by atoms with Crippen molar-refractivity contribution in [3.63, 3.8) is 0 Å². The molecule has 0 saturated carbocycles. The molecule has 0 N–H and O–H groups in total. The highest BCUT2D eigenvalue weighted by Crippen LogP contribution is 2.15. The number of rotatable bonds is 4. The van der Waals surface area contributed by atoms with Gasteiger partial charge in [-0.2, -0.15) is 5.10 Å². The second kappa shape index (κ2) is 5.23. The Morgan fingerprint density at radius 2 is 2.00 bits per heavy atom. The molecule has 17 heavy (non-hydrogen) atoms. The van der Waals surface area contributed by atoms with Gasteiger partial charge in [0.2, 0.25) is 0 Å². The van der Waals surface area contributed by atoms with E-state index >= 15 is 0 Å². The van der Waals surface area contributed by atoms with Crippen LogP contribution in [0, 0.1) is 0 Å². The lowest BCUT2D eigenvalue weighted by molar-refractivity contribution is 0.305. The lowest BCUT2D eigenvalue weighted by Crippen LogP contribution is -2.00. The molecule has 0 atom stereocenters. The van der Waals surface area contributed by atoms with Crippen molar-refractivity contribution in [3.05, 3.63) is 47.2 Å². The van der Waals surface area contributed by atoms with Gasteiger partial charge in [0.15, 0.2) is 5.75 Å². The van der Waals surface area contributed by atoms with E-state index in [0.717, 1.165) is 16.3 Å². The van der Waals surface area contributed by atoms with Crippen molar-refractivity contribution in [2.24, 2.45) is 0 Å². The van der Waals surface area contributed by atoms with Gasteiger partial charge in [0.25, 0.3) is 0 Å². The predicted octanol–water partition coefficient (Wildman–Crippen LogP) is 3.70. The first-order chi connectivity index (χ1) is 8.15. The molecule has 0 saturated heterocycles. The van der Waals surface area contributed by atoms with Gasteiger partial charge in [-0.25, -0.2) is 0 Å². The van der Waals surface area contributed by atoms with Gasteiger partial charge in [0, 0.05) is 11.1 Å². The van der Waals surface area contributed by atoms with Gasteiger partial charge in [-0.05, 0) is 31.5 Å². The molecule has 0 spiro atoms. The van der Waals surface area contributed by atoms with Gasteiger partial charge in [0.05, 0.1) is 12.4 Å². The smallest absolute Gasteiger partial charge is 0.157 e. The molecular formula is C13H15ClN2O. The normalized spacial score (nSPS) is 10.8. The Morgan fingerprint density at radius 1 is 1.29 bits per heavy atom. The van der Waals surface area contributed by atoms with Crippen LogP contribution >= 0.6 is 11.6 Å². The predicted molar refractivity (Wildman–Crippen MR) is 68.4 cm³/mol. The number of halogens is 1. The zero-order chi connectivity index (χ0) is 12.3. The van der Waals surface area contributed by atoms with Gasteiger partial charge in [-0.1, -0.05) is 23.7 Å². The van der Waals surface area contributed by atoms with Crippen molar-refractivity contribution < 1.29 is 4.74 Å². The third-order valence-corrected chi connectivity index (χ3v) is 2.68. The molecule has 0 aliphatic rings. The zero-order valence-electron chi connectivity index (χ0n) is 9.93. The van der Waals surface area contributed by atoms with Crippen LogP contribution in [-0.4, -0.2) is 9.78 Å². The van der Waals surface area contributed by atoms with Gasteiger partial charge >= 0.3 is 0 Å². The fraction of sp³-hybridized carbons (Fsp3) is 0.308. The average Bonchev–Trinajstić information content (AvgIpc) is 2.77. The van der Waals surface area contributed by atoms with Crippen LogP contribution in [0.5, 0.6) is 5.75 Å². The molecule has 4 heteroatoms. The Kier molecular flexibility index (Phi) is 3.69. The van der Waals surface area contributed by atoms with Crippen molar-refractivity contribution in [2.45, 2.75) is 26.5 Å². The highest BCUT2D eigenvalue weighted by molar-refractivity contribution is 6.30. The van der Waals surface area contributed by atoms with Gasteiger partial charge < -0.3 is 4.74 Å². The van der Waals surface area contributed by atoms with E-state index in [1.54, 1.807) is 6.20 Å². The van der Waals surface area contributed by atoms with Crippen molar-refractivity contribution in [2.75, 3.05) is 0 Å². The first kappa shape index (κ1) is 12.0. The summed E-state index contributed by atoms with van der Waals surface area (Å²) in [4.78, 5) is 0. The van der Waals surface area contributed by atoms with Crippen LogP contribution in [0.15, 0.2) is 36.7 Å². The SMILES string of the molecule is CC(C)n1cc(OCc2ccc(Cl)cc2)cn1. The monoisotopic (exact) mass is 250 g/mol. The first-order valence-electron chi connectivity index (χ1n) is 5.56. The molecule has 90 valence electrons. The lowest BCUT2D eigenvalue weighted by atomic mass is 10.2. The van der Waals surface area contributed by atoms with Crippen molar-refractivity contribution in [1.29, 1.82) is 0 Å². The van der Waals surface area contributed by atoms with E-state index < -0.39 is 0 Å². The zero-order valence-corrected chi connectivity index (χ0v) is 10.7. The second-order valence-corrected chi connectivity index (χ2v) is 4.60. The molecule has 0 amide bonds. The minimum Gasteiger partial charge on any atom is -0.486 e. The number of aromatic nitrogens is 2. The summed E-state index contributed by atoms with van der Waals surface area (Å²) >= 11 is 5.81. The van der Waals surface area contributed by atoms with Crippen LogP contribution in [0.25, 0.3) is 0 Å². The van der Waals surface area contributed by atoms with Crippen LogP contribution in [0.2, 0.25) is 5.02 Å². The number of hydrogen-bond acceptors (Lipinski definition) is 2. The van der Waals surface area contributed by atoms with Gasteiger partial charge in [-0.3, -0.25) is 4.68 Å². The summed E-state index contributed by atoms with van der Waals surface area (Å²) in [7, 11) is 0. The summed E-state index contributed by atoms with van der Waals surface area (Å²) in [5.74, 6) is 0.786. The highest BCUT2D eigenvalue weighted by Gasteiger charge is 2.02. The van der Waals surface area contributed by atoms with E-state index in [0.29, 0.717) is 12.6 Å². The average molecular weight is 251 g/mol. The quantitative estimate of drug-likeness (QED) is 0.827. The molecule has 0 fully saturated rings. The maximum absolute atomic E-state index is 5.81. The molecule has 1 aromatic heterocycles. The summed E-state index contributed by atoms with van der Waals surface area (Å²) < 4.78 is 7.51. The Labute approximate surface area is 106 Å². The fourth-order valence-electron chi connectivity index (χ4n) is 1.42. The first-order valence-corrected chi connectivity index (χ1v) is 5.94. The molecule has 1 heterocycles. The topological polar surface area (TPSA) is 27.1 Å². The summed E-state index contributed by atoms with van der Waals surface area (Å²) in [5.41, 5.74) is 1.09. The van der Waals surface area contributed by atoms with E-state index in [1.165, 1.54) is 0 Å². The van der Waals surface area contributed by atoms with Gasteiger partial charge in [0.1, 0.15) is 6.61 Å². The van der Waals surface area contributed by atoms with Crippen LogP contribution < -0.4 is 4.74 Å². The number of ether oxygens (including phenoxy) is 1.